The van der Waals surface area contributed by atoms with Crippen LogP contribution in [0.1, 0.15) is 29.7 Å². The molecule has 0 fully saturated rings. The zero-order chi connectivity index (χ0) is 14.9. The van der Waals surface area contributed by atoms with Gasteiger partial charge in [0.15, 0.2) is 0 Å². The van der Waals surface area contributed by atoms with E-state index in [9.17, 15) is 4.39 Å². The largest absolute Gasteiger partial charge is 0.457 e. The lowest BCUT2D eigenvalue weighted by atomic mass is 10.1. The minimum absolute atomic E-state index is 0.310. The molecule has 4 heteroatoms. The third-order valence-corrected chi connectivity index (χ3v) is 3.70. The van der Waals surface area contributed by atoms with Gasteiger partial charge in [-0.25, -0.2) is 4.39 Å². The fourth-order valence-corrected chi connectivity index (χ4v) is 2.17. The molecule has 0 bridgehead atoms. The van der Waals surface area contributed by atoms with Gasteiger partial charge in [-0.2, -0.15) is 0 Å². The molecule has 0 aliphatic carbocycles. The van der Waals surface area contributed by atoms with E-state index in [0.717, 1.165) is 16.1 Å². The number of halogens is 2. The van der Waals surface area contributed by atoms with Crippen LogP contribution in [0.5, 0.6) is 11.5 Å². The number of hydrogen-bond donors (Lipinski definition) is 1. The van der Waals surface area contributed by atoms with E-state index in [2.05, 4.69) is 0 Å². The molecule has 2 N–H and O–H groups in total. The maximum absolute atomic E-state index is 13.3. The van der Waals surface area contributed by atoms with Crippen LogP contribution in [0.15, 0.2) is 30.3 Å². The Balaban J connectivity index is 2.40. The van der Waals surface area contributed by atoms with Gasteiger partial charge in [0, 0.05) is 16.6 Å². The van der Waals surface area contributed by atoms with Crippen LogP contribution < -0.4 is 10.5 Å². The van der Waals surface area contributed by atoms with Crippen molar-refractivity contribution in [1.82, 2.24) is 0 Å². The Morgan fingerprint density at radius 1 is 1.15 bits per heavy atom. The van der Waals surface area contributed by atoms with Crippen molar-refractivity contribution >= 4 is 11.6 Å². The standard InChI is InChI=1S/C16H17ClFNO/c1-9-6-13(7-10(2)16(9)17)20-15-5-4-12(18)8-14(15)11(3)19/h4-8,11H,19H2,1-3H3/t11-/m0/s1. The molecule has 2 aromatic carbocycles. The van der Waals surface area contributed by atoms with E-state index >= 15 is 0 Å². The maximum Gasteiger partial charge on any atom is 0.132 e. The summed E-state index contributed by atoms with van der Waals surface area (Å²) < 4.78 is 19.1. The molecular formula is C16H17ClFNO. The molecule has 0 heterocycles. The number of hydrogen-bond acceptors (Lipinski definition) is 2. The summed E-state index contributed by atoms with van der Waals surface area (Å²) in [6.07, 6.45) is 0. The maximum atomic E-state index is 13.3. The van der Waals surface area contributed by atoms with Crippen molar-refractivity contribution in [2.75, 3.05) is 0 Å². The predicted octanol–water partition coefficient (Wildman–Crippen LogP) is 4.91. The van der Waals surface area contributed by atoms with Gasteiger partial charge in [-0.15, -0.1) is 0 Å². The molecule has 0 amide bonds. The molecule has 20 heavy (non-hydrogen) atoms. The molecule has 2 rings (SSSR count). The molecule has 0 spiro atoms. The smallest absolute Gasteiger partial charge is 0.132 e. The van der Waals surface area contributed by atoms with Crippen LogP contribution in [0.4, 0.5) is 4.39 Å². The third-order valence-electron chi connectivity index (χ3n) is 3.10. The summed E-state index contributed by atoms with van der Waals surface area (Å²) in [4.78, 5) is 0. The van der Waals surface area contributed by atoms with Crippen molar-refractivity contribution < 1.29 is 9.13 Å². The Bertz CT molecular complexity index is 617. The SMILES string of the molecule is Cc1cc(Oc2ccc(F)cc2[C@H](C)N)cc(C)c1Cl. The summed E-state index contributed by atoms with van der Waals surface area (Å²) in [5, 5.41) is 0.726. The molecule has 0 radical (unpaired) electrons. The van der Waals surface area contributed by atoms with E-state index in [-0.39, 0.29) is 11.9 Å². The van der Waals surface area contributed by atoms with Gasteiger partial charge in [0.1, 0.15) is 17.3 Å². The first-order valence-corrected chi connectivity index (χ1v) is 6.76. The normalized spacial score (nSPS) is 12.3. The quantitative estimate of drug-likeness (QED) is 0.873. The lowest BCUT2D eigenvalue weighted by molar-refractivity contribution is 0.468. The molecule has 0 saturated heterocycles. The lowest BCUT2D eigenvalue weighted by Gasteiger charge is -2.15. The van der Waals surface area contributed by atoms with Gasteiger partial charge in [-0.1, -0.05) is 11.6 Å². The van der Waals surface area contributed by atoms with Crippen LogP contribution in [0.3, 0.4) is 0 Å². The van der Waals surface area contributed by atoms with Crippen LogP contribution in [0, 0.1) is 19.7 Å². The van der Waals surface area contributed by atoms with Gasteiger partial charge in [-0.05, 0) is 62.2 Å². The second kappa shape index (κ2) is 5.81. The second-order valence-electron chi connectivity index (χ2n) is 4.94. The first-order chi connectivity index (χ1) is 9.38. The molecule has 2 aromatic rings. The van der Waals surface area contributed by atoms with Gasteiger partial charge >= 0.3 is 0 Å². The summed E-state index contributed by atoms with van der Waals surface area (Å²) in [6.45, 7) is 5.62. The van der Waals surface area contributed by atoms with E-state index in [1.165, 1.54) is 12.1 Å². The summed E-state index contributed by atoms with van der Waals surface area (Å²) >= 11 is 6.13. The van der Waals surface area contributed by atoms with Crippen LogP contribution in [0.25, 0.3) is 0 Å². The van der Waals surface area contributed by atoms with Gasteiger partial charge in [0.25, 0.3) is 0 Å². The van der Waals surface area contributed by atoms with Crippen molar-refractivity contribution in [1.29, 1.82) is 0 Å². The monoisotopic (exact) mass is 293 g/mol. The highest BCUT2D eigenvalue weighted by Gasteiger charge is 2.12. The molecule has 0 aromatic heterocycles. The summed E-state index contributed by atoms with van der Waals surface area (Å²) in [5.41, 5.74) is 8.36. The molecule has 0 saturated carbocycles. The Labute approximate surface area is 123 Å². The summed E-state index contributed by atoms with van der Waals surface area (Å²) in [7, 11) is 0. The Morgan fingerprint density at radius 3 is 2.30 bits per heavy atom. The van der Waals surface area contributed by atoms with Gasteiger partial charge in [0.2, 0.25) is 0 Å². The summed E-state index contributed by atoms with van der Waals surface area (Å²) in [5.74, 6) is 0.897. The van der Waals surface area contributed by atoms with E-state index in [1.807, 2.05) is 26.0 Å². The Kier molecular flexibility index (Phi) is 4.31. The van der Waals surface area contributed by atoms with Gasteiger partial charge < -0.3 is 10.5 Å². The second-order valence-corrected chi connectivity index (χ2v) is 5.32. The molecule has 1 atom stereocenters. The number of aryl methyl sites for hydroxylation is 2. The highest BCUT2D eigenvalue weighted by atomic mass is 35.5. The van der Waals surface area contributed by atoms with Crippen LogP contribution in [0.2, 0.25) is 5.02 Å². The highest BCUT2D eigenvalue weighted by molar-refractivity contribution is 6.32. The minimum atomic E-state index is -0.326. The van der Waals surface area contributed by atoms with Crippen molar-refractivity contribution in [3.05, 3.63) is 57.9 Å². The number of ether oxygens (including phenoxy) is 1. The van der Waals surface area contributed by atoms with E-state index in [4.69, 9.17) is 22.1 Å². The van der Waals surface area contributed by atoms with Crippen LogP contribution in [-0.2, 0) is 0 Å². The average Bonchev–Trinajstić information content (AvgIpc) is 2.37. The molecule has 106 valence electrons. The number of rotatable bonds is 3. The van der Waals surface area contributed by atoms with Crippen molar-refractivity contribution in [2.24, 2.45) is 5.73 Å². The molecule has 0 aliphatic rings. The van der Waals surface area contributed by atoms with Crippen LogP contribution in [-0.4, -0.2) is 0 Å². The third kappa shape index (κ3) is 3.11. The molecule has 2 nitrogen and oxygen atoms in total. The van der Waals surface area contributed by atoms with Gasteiger partial charge in [0.05, 0.1) is 0 Å². The molecule has 0 aliphatic heterocycles. The van der Waals surface area contributed by atoms with E-state index in [1.54, 1.807) is 13.0 Å². The lowest BCUT2D eigenvalue weighted by Crippen LogP contribution is -2.07. The number of nitrogens with two attached hydrogens (primary N) is 1. The number of benzene rings is 2. The molecule has 0 unspecified atom stereocenters. The Hall–Kier alpha value is -1.58. The molecular weight excluding hydrogens is 277 g/mol. The van der Waals surface area contributed by atoms with Crippen molar-refractivity contribution in [2.45, 2.75) is 26.8 Å². The minimum Gasteiger partial charge on any atom is -0.457 e. The fraction of sp³-hybridized carbons (Fsp3) is 0.250. The predicted molar refractivity (Wildman–Crippen MR) is 80.0 cm³/mol. The van der Waals surface area contributed by atoms with E-state index < -0.39 is 0 Å². The van der Waals surface area contributed by atoms with Crippen LogP contribution >= 0.6 is 11.6 Å². The van der Waals surface area contributed by atoms with E-state index in [0.29, 0.717) is 17.1 Å². The fourth-order valence-electron chi connectivity index (χ4n) is 2.06. The Morgan fingerprint density at radius 2 is 1.75 bits per heavy atom. The first kappa shape index (κ1) is 14.8. The zero-order valence-corrected chi connectivity index (χ0v) is 12.5. The zero-order valence-electron chi connectivity index (χ0n) is 11.7. The topological polar surface area (TPSA) is 35.2 Å². The van der Waals surface area contributed by atoms with Crippen molar-refractivity contribution in [3.63, 3.8) is 0 Å². The van der Waals surface area contributed by atoms with Crippen molar-refractivity contribution in [3.8, 4) is 11.5 Å². The average molecular weight is 294 g/mol. The first-order valence-electron chi connectivity index (χ1n) is 6.38. The van der Waals surface area contributed by atoms with Gasteiger partial charge in [-0.3, -0.25) is 0 Å². The highest BCUT2D eigenvalue weighted by Crippen LogP contribution is 2.32. The summed E-state index contributed by atoms with van der Waals surface area (Å²) in [6, 6.07) is 7.74.